The number of piperazine rings is 1. The molecular weight excluding hydrogens is 326 g/mol. The molecule has 138 valence electrons. The molecule has 1 aromatic carbocycles. The van der Waals surface area contributed by atoms with E-state index in [-0.39, 0.29) is 12.0 Å². The van der Waals surface area contributed by atoms with E-state index in [2.05, 4.69) is 10.2 Å². The highest BCUT2D eigenvalue weighted by Gasteiger charge is 2.21. The van der Waals surface area contributed by atoms with Crippen LogP contribution in [0.5, 0.6) is 11.5 Å². The highest BCUT2D eigenvalue weighted by molar-refractivity contribution is 5.94. The third-order valence-electron chi connectivity index (χ3n) is 4.16. The van der Waals surface area contributed by atoms with Crippen molar-refractivity contribution >= 4 is 12.0 Å². The lowest BCUT2D eigenvalue weighted by atomic mass is 10.2. The molecule has 1 aliphatic heterocycles. The molecular formula is C17H25N3O5. The molecule has 2 rings (SSSR count). The minimum atomic E-state index is -0.290. The second kappa shape index (κ2) is 9.12. The second-order valence-corrected chi connectivity index (χ2v) is 5.62. The summed E-state index contributed by atoms with van der Waals surface area (Å²) in [5.41, 5.74) is 0.521. The second-order valence-electron chi connectivity index (χ2n) is 5.62. The van der Waals surface area contributed by atoms with Crippen LogP contribution < -0.4 is 14.8 Å². The molecule has 25 heavy (non-hydrogen) atoms. The van der Waals surface area contributed by atoms with Crippen molar-refractivity contribution in [2.75, 3.05) is 60.6 Å². The molecule has 0 saturated carbocycles. The van der Waals surface area contributed by atoms with E-state index >= 15 is 0 Å². The number of carbonyl (C=O) groups is 2. The summed E-state index contributed by atoms with van der Waals surface area (Å²) in [6.45, 7) is 4.06. The number of carbonyl (C=O) groups excluding carboxylic acids is 2. The molecule has 8 nitrogen and oxygen atoms in total. The van der Waals surface area contributed by atoms with Crippen LogP contribution in [0.1, 0.15) is 10.4 Å². The first-order valence-corrected chi connectivity index (χ1v) is 8.14. The predicted octanol–water partition coefficient (Wildman–Crippen LogP) is 0.818. The lowest BCUT2D eigenvalue weighted by molar-refractivity contribution is 0.0884. The molecule has 1 aliphatic rings. The van der Waals surface area contributed by atoms with Gasteiger partial charge in [0.15, 0.2) is 11.5 Å². The van der Waals surface area contributed by atoms with Gasteiger partial charge in [0.2, 0.25) is 0 Å². The summed E-state index contributed by atoms with van der Waals surface area (Å²) >= 11 is 0. The van der Waals surface area contributed by atoms with Gasteiger partial charge in [-0.15, -0.1) is 0 Å². The van der Waals surface area contributed by atoms with Crippen molar-refractivity contribution < 1.29 is 23.8 Å². The molecule has 8 heteroatoms. The Morgan fingerprint density at radius 3 is 2.32 bits per heavy atom. The Morgan fingerprint density at radius 2 is 1.72 bits per heavy atom. The van der Waals surface area contributed by atoms with E-state index in [9.17, 15) is 9.59 Å². The summed E-state index contributed by atoms with van der Waals surface area (Å²) in [5.74, 6) is 0.950. The first-order valence-electron chi connectivity index (χ1n) is 8.14. The molecule has 0 atom stereocenters. The van der Waals surface area contributed by atoms with Crippen LogP contribution in [0.15, 0.2) is 18.2 Å². The normalized spacial score (nSPS) is 14.8. The molecule has 0 aliphatic carbocycles. The van der Waals surface area contributed by atoms with Crippen LogP contribution in [0, 0.1) is 0 Å². The molecule has 0 spiro atoms. The van der Waals surface area contributed by atoms with E-state index in [1.165, 1.54) is 14.2 Å². The molecule has 1 aromatic rings. The van der Waals surface area contributed by atoms with Gasteiger partial charge in [0.05, 0.1) is 21.3 Å². The SMILES string of the molecule is COC(=O)N1CCN(CCNC(=O)c2ccc(OC)c(OC)c2)CC1. The Kier molecular flexibility index (Phi) is 6.88. The molecule has 0 radical (unpaired) electrons. The van der Waals surface area contributed by atoms with E-state index < -0.39 is 0 Å². The van der Waals surface area contributed by atoms with Crippen molar-refractivity contribution in [1.29, 1.82) is 0 Å². The maximum Gasteiger partial charge on any atom is 0.409 e. The number of benzene rings is 1. The van der Waals surface area contributed by atoms with Gasteiger partial charge >= 0.3 is 6.09 Å². The number of hydrogen-bond donors (Lipinski definition) is 1. The number of nitrogens with one attached hydrogen (secondary N) is 1. The van der Waals surface area contributed by atoms with Gasteiger partial charge < -0.3 is 24.4 Å². The van der Waals surface area contributed by atoms with Gasteiger partial charge in [-0.25, -0.2) is 4.79 Å². The highest BCUT2D eigenvalue weighted by Crippen LogP contribution is 2.27. The quantitative estimate of drug-likeness (QED) is 0.817. The average molecular weight is 351 g/mol. The standard InChI is InChI=1S/C17H25N3O5/c1-23-14-5-4-13(12-15(14)24-2)16(21)18-6-7-19-8-10-20(11-9-19)17(22)25-3/h4-5,12H,6-11H2,1-3H3,(H,18,21). The van der Waals surface area contributed by atoms with Crippen molar-refractivity contribution in [3.8, 4) is 11.5 Å². The number of nitrogens with zero attached hydrogens (tertiary/aromatic N) is 2. The minimum absolute atomic E-state index is 0.158. The summed E-state index contributed by atoms with van der Waals surface area (Å²) in [7, 11) is 4.48. The molecule has 1 saturated heterocycles. The maximum absolute atomic E-state index is 12.2. The third-order valence-corrected chi connectivity index (χ3v) is 4.16. The van der Waals surface area contributed by atoms with Gasteiger partial charge in [-0.1, -0.05) is 0 Å². The Hall–Kier alpha value is -2.48. The van der Waals surface area contributed by atoms with Crippen molar-refractivity contribution in [3.63, 3.8) is 0 Å². The van der Waals surface area contributed by atoms with E-state index in [4.69, 9.17) is 14.2 Å². The summed E-state index contributed by atoms with van der Waals surface area (Å²) in [6, 6.07) is 5.06. The fraction of sp³-hybridized carbons (Fsp3) is 0.529. The largest absolute Gasteiger partial charge is 0.493 e. The van der Waals surface area contributed by atoms with Crippen molar-refractivity contribution in [1.82, 2.24) is 15.1 Å². The Balaban J connectivity index is 1.77. The minimum Gasteiger partial charge on any atom is -0.493 e. The molecule has 2 amide bonds. The van der Waals surface area contributed by atoms with Crippen LogP contribution in [0.4, 0.5) is 4.79 Å². The van der Waals surface area contributed by atoms with E-state index in [1.807, 2.05) is 0 Å². The van der Waals surface area contributed by atoms with Crippen molar-refractivity contribution in [2.24, 2.45) is 0 Å². The van der Waals surface area contributed by atoms with Crippen molar-refractivity contribution in [3.05, 3.63) is 23.8 Å². The van der Waals surface area contributed by atoms with Crippen LogP contribution in [0.3, 0.4) is 0 Å². The lowest BCUT2D eigenvalue weighted by Crippen LogP contribution is -2.50. The maximum atomic E-state index is 12.2. The van der Waals surface area contributed by atoms with Crippen LogP contribution in [0.25, 0.3) is 0 Å². The van der Waals surface area contributed by atoms with Gasteiger partial charge in [-0.2, -0.15) is 0 Å². The molecule has 1 fully saturated rings. The summed E-state index contributed by atoms with van der Waals surface area (Å²) < 4.78 is 15.1. The topological polar surface area (TPSA) is 80.3 Å². The molecule has 0 bridgehead atoms. The van der Waals surface area contributed by atoms with Gasteiger partial charge in [0, 0.05) is 44.8 Å². The fourth-order valence-corrected chi connectivity index (χ4v) is 2.69. The number of amides is 2. The Morgan fingerprint density at radius 1 is 1.04 bits per heavy atom. The zero-order valence-electron chi connectivity index (χ0n) is 14.9. The number of hydrogen-bond acceptors (Lipinski definition) is 6. The highest BCUT2D eigenvalue weighted by atomic mass is 16.5. The molecule has 0 aromatic heterocycles. The van der Waals surface area contributed by atoms with Crippen LogP contribution in [-0.2, 0) is 4.74 Å². The number of ether oxygens (including phenoxy) is 3. The summed E-state index contributed by atoms with van der Waals surface area (Å²) in [4.78, 5) is 27.6. The molecule has 1 heterocycles. The smallest absolute Gasteiger partial charge is 0.409 e. The van der Waals surface area contributed by atoms with Crippen LogP contribution in [0.2, 0.25) is 0 Å². The molecule has 1 N–H and O–H groups in total. The Bertz CT molecular complexity index is 600. The number of methoxy groups -OCH3 is 3. The monoisotopic (exact) mass is 351 g/mol. The summed E-state index contributed by atoms with van der Waals surface area (Å²) in [5, 5.41) is 2.90. The van der Waals surface area contributed by atoms with E-state index in [0.29, 0.717) is 36.7 Å². The van der Waals surface area contributed by atoms with Gasteiger partial charge in [-0.05, 0) is 18.2 Å². The average Bonchev–Trinajstić information content (AvgIpc) is 2.67. The third kappa shape index (κ3) is 4.99. The van der Waals surface area contributed by atoms with Crippen molar-refractivity contribution in [2.45, 2.75) is 0 Å². The van der Waals surface area contributed by atoms with Gasteiger partial charge in [-0.3, -0.25) is 9.69 Å². The van der Waals surface area contributed by atoms with Gasteiger partial charge in [0.1, 0.15) is 0 Å². The van der Waals surface area contributed by atoms with Gasteiger partial charge in [0.25, 0.3) is 5.91 Å². The fourth-order valence-electron chi connectivity index (χ4n) is 2.69. The first kappa shape index (κ1) is 18.9. The zero-order chi connectivity index (χ0) is 18.2. The van der Waals surface area contributed by atoms with Crippen LogP contribution in [-0.4, -0.2) is 82.4 Å². The summed E-state index contributed by atoms with van der Waals surface area (Å²) in [6.07, 6.45) is -0.290. The Labute approximate surface area is 147 Å². The first-order chi connectivity index (χ1) is 12.1. The van der Waals surface area contributed by atoms with E-state index in [1.54, 1.807) is 30.2 Å². The van der Waals surface area contributed by atoms with Crippen LogP contribution >= 0.6 is 0 Å². The predicted molar refractivity (Wildman–Crippen MR) is 92.3 cm³/mol. The lowest BCUT2D eigenvalue weighted by Gasteiger charge is -2.33. The molecule has 0 unspecified atom stereocenters. The zero-order valence-corrected chi connectivity index (χ0v) is 14.9. The number of rotatable bonds is 6. The van der Waals surface area contributed by atoms with E-state index in [0.717, 1.165) is 19.6 Å².